The molecule has 0 aliphatic carbocycles. The predicted octanol–water partition coefficient (Wildman–Crippen LogP) is 1.64. The van der Waals surface area contributed by atoms with Crippen molar-refractivity contribution in [1.29, 1.82) is 0 Å². The number of H-pyrrole nitrogens is 1. The van der Waals surface area contributed by atoms with E-state index >= 15 is 0 Å². The molecule has 0 atom stereocenters. The van der Waals surface area contributed by atoms with Crippen molar-refractivity contribution in [3.05, 3.63) is 35.2 Å². The second-order valence-electron chi connectivity index (χ2n) is 3.56. The maximum Gasteiger partial charge on any atom is 0.213 e. The molecule has 0 spiro atoms. The Morgan fingerprint density at radius 2 is 2.05 bits per heavy atom. The number of aryl methyl sites for hydroxylation is 1. The third-order valence-electron chi connectivity index (χ3n) is 2.17. The fourth-order valence-corrected chi connectivity index (χ4v) is 2.09. The largest absolute Gasteiger partial charge is 0.409 e. The molecule has 0 saturated heterocycles. The third kappa shape index (κ3) is 2.81. The molecule has 19 heavy (non-hydrogen) atoms. The number of aromatic amines is 1. The van der Waals surface area contributed by atoms with E-state index in [1.165, 1.54) is 0 Å². The number of nitrogens with zero attached hydrogens (tertiary/aromatic N) is 3. The van der Waals surface area contributed by atoms with Crippen LogP contribution in [0.3, 0.4) is 0 Å². The van der Waals surface area contributed by atoms with Crippen LogP contribution in [0, 0.1) is 18.6 Å². The van der Waals surface area contributed by atoms with E-state index in [-0.39, 0.29) is 21.5 Å². The van der Waals surface area contributed by atoms with E-state index in [9.17, 15) is 8.78 Å². The van der Waals surface area contributed by atoms with Crippen molar-refractivity contribution < 1.29 is 14.0 Å². The lowest BCUT2D eigenvalue weighted by Crippen LogP contribution is -2.14. The Balaban J connectivity index is 2.37. The van der Waals surface area contributed by atoms with Gasteiger partial charge >= 0.3 is 0 Å². The maximum atomic E-state index is 13.8. The molecule has 0 amide bonds. The number of benzene rings is 1. The van der Waals surface area contributed by atoms with Gasteiger partial charge in [0, 0.05) is 5.56 Å². The summed E-state index contributed by atoms with van der Waals surface area (Å²) in [6, 6.07) is 1.94. The number of oxime groups is 1. The third-order valence-corrected chi connectivity index (χ3v) is 3.13. The Morgan fingerprint density at radius 1 is 1.42 bits per heavy atom. The van der Waals surface area contributed by atoms with E-state index in [0.717, 1.165) is 23.9 Å². The SMILES string of the molecule is Cc1nc(Sc2c(F)cc(C(N)=NO)cc2F)n[nH]1. The van der Waals surface area contributed by atoms with Crippen LogP contribution in [0.25, 0.3) is 0 Å². The average molecular weight is 285 g/mol. The summed E-state index contributed by atoms with van der Waals surface area (Å²) in [5.41, 5.74) is 5.22. The van der Waals surface area contributed by atoms with E-state index in [4.69, 9.17) is 10.9 Å². The highest BCUT2D eigenvalue weighted by Gasteiger charge is 2.16. The van der Waals surface area contributed by atoms with Gasteiger partial charge in [0.25, 0.3) is 0 Å². The van der Waals surface area contributed by atoms with Crippen molar-refractivity contribution in [1.82, 2.24) is 15.2 Å². The van der Waals surface area contributed by atoms with Gasteiger partial charge in [0.05, 0.1) is 4.90 Å². The zero-order valence-corrected chi connectivity index (χ0v) is 10.5. The van der Waals surface area contributed by atoms with Crippen LogP contribution in [0.1, 0.15) is 11.4 Å². The van der Waals surface area contributed by atoms with Crippen molar-refractivity contribution >= 4 is 17.6 Å². The molecule has 0 aliphatic heterocycles. The minimum Gasteiger partial charge on any atom is -0.409 e. The van der Waals surface area contributed by atoms with E-state index in [1.54, 1.807) is 6.92 Å². The van der Waals surface area contributed by atoms with Gasteiger partial charge in [-0.05, 0) is 30.8 Å². The summed E-state index contributed by atoms with van der Waals surface area (Å²) in [6.45, 7) is 1.67. The van der Waals surface area contributed by atoms with E-state index in [0.29, 0.717) is 5.82 Å². The van der Waals surface area contributed by atoms with Crippen molar-refractivity contribution in [3.63, 3.8) is 0 Å². The number of nitrogens with two attached hydrogens (primary N) is 1. The first kappa shape index (κ1) is 13.3. The summed E-state index contributed by atoms with van der Waals surface area (Å²) in [5, 5.41) is 17.7. The first-order valence-corrected chi connectivity index (χ1v) is 5.86. The van der Waals surface area contributed by atoms with Crippen LogP contribution < -0.4 is 5.73 Å². The minimum atomic E-state index is -0.839. The molecular weight excluding hydrogens is 276 g/mol. The number of rotatable bonds is 3. The fourth-order valence-electron chi connectivity index (χ4n) is 1.32. The van der Waals surface area contributed by atoms with Gasteiger partial charge in [-0.15, -0.1) is 5.10 Å². The Hall–Kier alpha value is -2.16. The number of amidine groups is 1. The highest BCUT2D eigenvalue weighted by molar-refractivity contribution is 7.99. The first-order chi connectivity index (χ1) is 9.01. The van der Waals surface area contributed by atoms with Crippen molar-refractivity contribution in [2.45, 2.75) is 17.0 Å². The normalized spacial score (nSPS) is 11.8. The zero-order valence-electron chi connectivity index (χ0n) is 9.69. The Morgan fingerprint density at radius 3 is 2.53 bits per heavy atom. The van der Waals surface area contributed by atoms with E-state index in [1.807, 2.05) is 0 Å². The van der Waals surface area contributed by atoms with Gasteiger partial charge in [0.2, 0.25) is 5.16 Å². The van der Waals surface area contributed by atoms with Crippen LogP contribution in [0.4, 0.5) is 8.78 Å². The molecule has 4 N–H and O–H groups in total. The molecule has 1 aromatic carbocycles. The lowest BCUT2D eigenvalue weighted by Gasteiger charge is -2.05. The van der Waals surface area contributed by atoms with Crippen LogP contribution in [0.15, 0.2) is 27.3 Å². The molecule has 0 fully saturated rings. The van der Waals surface area contributed by atoms with Gasteiger partial charge in [-0.2, -0.15) is 0 Å². The Labute approximate surface area is 110 Å². The van der Waals surface area contributed by atoms with Gasteiger partial charge in [-0.25, -0.2) is 13.8 Å². The lowest BCUT2D eigenvalue weighted by atomic mass is 10.2. The van der Waals surface area contributed by atoms with Crippen LogP contribution in [-0.4, -0.2) is 26.2 Å². The number of nitrogens with one attached hydrogen (secondary N) is 1. The monoisotopic (exact) mass is 285 g/mol. The van der Waals surface area contributed by atoms with E-state index < -0.39 is 11.6 Å². The standard InChI is InChI=1S/C10H9F2N5OS/c1-4-14-10(16-15-4)19-8-6(11)2-5(3-7(8)12)9(13)17-18/h2-3,18H,1H3,(H2,13,17)(H,14,15,16). The summed E-state index contributed by atoms with van der Waals surface area (Å²) >= 11 is 0.743. The first-order valence-electron chi connectivity index (χ1n) is 5.05. The second kappa shape index (κ2) is 5.22. The average Bonchev–Trinajstić information content (AvgIpc) is 2.78. The van der Waals surface area contributed by atoms with E-state index in [2.05, 4.69) is 20.3 Å². The maximum absolute atomic E-state index is 13.8. The van der Waals surface area contributed by atoms with Crippen LogP contribution in [0.2, 0.25) is 0 Å². The predicted molar refractivity (Wildman–Crippen MR) is 64.1 cm³/mol. The summed E-state index contributed by atoms with van der Waals surface area (Å²) in [5.74, 6) is -1.51. The summed E-state index contributed by atoms with van der Waals surface area (Å²) in [6.07, 6.45) is 0. The molecule has 1 heterocycles. The van der Waals surface area contributed by atoms with Gasteiger partial charge < -0.3 is 10.9 Å². The van der Waals surface area contributed by atoms with Gasteiger partial charge in [0.1, 0.15) is 17.5 Å². The lowest BCUT2D eigenvalue weighted by molar-refractivity contribution is 0.318. The minimum absolute atomic E-state index is 0.0481. The quantitative estimate of drug-likeness (QED) is 0.344. The van der Waals surface area contributed by atoms with Gasteiger partial charge in [-0.3, -0.25) is 5.10 Å². The molecule has 2 rings (SSSR count). The molecule has 0 unspecified atom stereocenters. The summed E-state index contributed by atoms with van der Waals surface area (Å²) in [7, 11) is 0. The number of hydrogen-bond acceptors (Lipinski definition) is 5. The number of halogens is 2. The van der Waals surface area contributed by atoms with Gasteiger partial charge in [-0.1, -0.05) is 5.16 Å². The molecule has 2 aromatic rings. The second-order valence-corrected chi connectivity index (χ2v) is 4.54. The fraction of sp³-hybridized carbons (Fsp3) is 0.100. The van der Waals surface area contributed by atoms with Gasteiger partial charge in [0.15, 0.2) is 5.84 Å². The van der Waals surface area contributed by atoms with Crippen molar-refractivity contribution in [2.24, 2.45) is 10.9 Å². The molecule has 0 saturated carbocycles. The Kier molecular flexibility index (Phi) is 3.65. The number of hydrogen-bond donors (Lipinski definition) is 3. The van der Waals surface area contributed by atoms with Crippen molar-refractivity contribution in [2.75, 3.05) is 0 Å². The zero-order chi connectivity index (χ0) is 14.0. The van der Waals surface area contributed by atoms with Crippen LogP contribution >= 0.6 is 11.8 Å². The number of aromatic nitrogens is 3. The molecule has 0 bridgehead atoms. The highest BCUT2D eigenvalue weighted by atomic mass is 32.2. The topological polar surface area (TPSA) is 100 Å². The summed E-state index contributed by atoms with van der Waals surface area (Å²) < 4.78 is 27.6. The van der Waals surface area contributed by atoms with Crippen LogP contribution in [-0.2, 0) is 0 Å². The highest BCUT2D eigenvalue weighted by Crippen LogP contribution is 2.30. The smallest absolute Gasteiger partial charge is 0.213 e. The molecular formula is C10H9F2N5OS. The van der Waals surface area contributed by atoms with Crippen molar-refractivity contribution in [3.8, 4) is 0 Å². The molecule has 0 aliphatic rings. The Bertz CT molecular complexity index is 620. The molecule has 1 aromatic heterocycles. The molecule has 9 heteroatoms. The molecule has 6 nitrogen and oxygen atoms in total. The summed E-state index contributed by atoms with van der Waals surface area (Å²) in [4.78, 5) is 3.68. The van der Waals surface area contributed by atoms with Crippen LogP contribution in [0.5, 0.6) is 0 Å². The molecule has 0 radical (unpaired) electrons. The molecule has 100 valence electrons.